The predicted octanol–water partition coefficient (Wildman–Crippen LogP) is 3.53. The van der Waals surface area contributed by atoms with Crippen LogP contribution in [0.15, 0.2) is 42.5 Å². The predicted molar refractivity (Wildman–Crippen MR) is 85.9 cm³/mol. The maximum Gasteiger partial charge on any atom is 0.129 e. The van der Waals surface area contributed by atoms with Gasteiger partial charge in [0.25, 0.3) is 0 Å². The first-order valence-electron chi connectivity index (χ1n) is 7.93. The molecule has 2 aromatic rings. The summed E-state index contributed by atoms with van der Waals surface area (Å²) in [5, 5.41) is 19.2. The molecule has 0 spiro atoms. The second kappa shape index (κ2) is 7.08. The summed E-state index contributed by atoms with van der Waals surface area (Å²) in [6.07, 6.45) is 1.29. The first kappa shape index (κ1) is 16.6. The van der Waals surface area contributed by atoms with E-state index >= 15 is 0 Å². The lowest BCUT2D eigenvalue weighted by atomic mass is 10.1. The molecule has 1 fully saturated rings. The smallest absolute Gasteiger partial charge is 0.129 e. The van der Waals surface area contributed by atoms with Crippen LogP contribution < -0.4 is 0 Å². The standard InChI is InChI=1S/C19H18F2N2O/c20-16-5-3-14(4-6-16)19(24)12-23(17-7-8-17)11-15-2-1-13(10-22)9-18(15)21/h1-6,9,17,19,24H,7-8,11-12H2. The molecule has 0 aliphatic heterocycles. The van der Waals surface area contributed by atoms with Gasteiger partial charge in [0.2, 0.25) is 0 Å². The van der Waals surface area contributed by atoms with E-state index in [1.807, 2.05) is 11.0 Å². The highest BCUT2D eigenvalue weighted by Crippen LogP contribution is 2.31. The number of halogens is 2. The number of rotatable bonds is 6. The topological polar surface area (TPSA) is 47.3 Å². The summed E-state index contributed by atoms with van der Waals surface area (Å²) in [5.74, 6) is -0.749. The largest absolute Gasteiger partial charge is 0.387 e. The van der Waals surface area contributed by atoms with Crippen LogP contribution in [0.25, 0.3) is 0 Å². The molecule has 1 saturated carbocycles. The van der Waals surface area contributed by atoms with Crippen molar-refractivity contribution in [2.75, 3.05) is 6.54 Å². The summed E-state index contributed by atoms with van der Waals surface area (Å²) in [6.45, 7) is 0.732. The molecule has 1 unspecified atom stereocenters. The fraction of sp³-hybridized carbons (Fsp3) is 0.316. The maximum absolute atomic E-state index is 14.1. The van der Waals surface area contributed by atoms with E-state index in [4.69, 9.17) is 5.26 Å². The van der Waals surface area contributed by atoms with Crippen LogP contribution in [0.5, 0.6) is 0 Å². The van der Waals surface area contributed by atoms with E-state index in [0.717, 1.165) is 12.8 Å². The van der Waals surface area contributed by atoms with Gasteiger partial charge in [-0.1, -0.05) is 18.2 Å². The molecule has 0 amide bonds. The Balaban J connectivity index is 1.71. The van der Waals surface area contributed by atoms with Gasteiger partial charge in [0.15, 0.2) is 0 Å². The van der Waals surface area contributed by atoms with E-state index in [2.05, 4.69) is 0 Å². The second-order valence-electron chi connectivity index (χ2n) is 6.15. The lowest BCUT2D eigenvalue weighted by Gasteiger charge is -2.25. The van der Waals surface area contributed by atoms with Crippen LogP contribution in [-0.4, -0.2) is 22.6 Å². The van der Waals surface area contributed by atoms with Crippen molar-refractivity contribution in [2.45, 2.75) is 31.5 Å². The van der Waals surface area contributed by atoms with Crippen LogP contribution in [0, 0.1) is 23.0 Å². The highest BCUT2D eigenvalue weighted by Gasteiger charge is 2.31. The highest BCUT2D eigenvalue weighted by atomic mass is 19.1. The van der Waals surface area contributed by atoms with E-state index in [-0.39, 0.29) is 5.82 Å². The quantitative estimate of drug-likeness (QED) is 0.882. The van der Waals surface area contributed by atoms with Gasteiger partial charge in [-0.2, -0.15) is 5.26 Å². The Kier molecular flexibility index (Phi) is 4.89. The van der Waals surface area contributed by atoms with Gasteiger partial charge in [-0.15, -0.1) is 0 Å². The Bertz CT molecular complexity index is 751. The van der Waals surface area contributed by atoms with Gasteiger partial charge in [-0.25, -0.2) is 8.78 Å². The van der Waals surface area contributed by atoms with Crippen molar-refractivity contribution in [3.8, 4) is 6.07 Å². The van der Waals surface area contributed by atoms with Crippen molar-refractivity contribution in [3.63, 3.8) is 0 Å². The molecule has 0 bridgehead atoms. The molecule has 0 saturated heterocycles. The number of nitrogens with zero attached hydrogens (tertiary/aromatic N) is 2. The molecule has 0 radical (unpaired) electrons. The Morgan fingerprint density at radius 1 is 1.17 bits per heavy atom. The first-order chi connectivity index (χ1) is 11.6. The third-order valence-corrected chi connectivity index (χ3v) is 4.28. The zero-order valence-electron chi connectivity index (χ0n) is 13.1. The van der Waals surface area contributed by atoms with Crippen LogP contribution in [0.2, 0.25) is 0 Å². The van der Waals surface area contributed by atoms with Crippen molar-refractivity contribution in [1.82, 2.24) is 4.90 Å². The van der Waals surface area contributed by atoms with Gasteiger partial charge in [-0.3, -0.25) is 4.90 Å². The average molecular weight is 328 g/mol. The van der Waals surface area contributed by atoms with Crippen molar-refractivity contribution in [1.29, 1.82) is 5.26 Å². The number of hydrogen-bond donors (Lipinski definition) is 1. The Morgan fingerprint density at radius 2 is 1.88 bits per heavy atom. The van der Waals surface area contributed by atoms with Gasteiger partial charge in [0.1, 0.15) is 11.6 Å². The van der Waals surface area contributed by atoms with Gasteiger partial charge < -0.3 is 5.11 Å². The Hall–Kier alpha value is -2.29. The minimum absolute atomic E-state index is 0.292. The molecule has 1 aliphatic rings. The van der Waals surface area contributed by atoms with Crippen LogP contribution >= 0.6 is 0 Å². The zero-order valence-corrected chi connectivity index (χ0v) is 13.1. The molecule has 24 heavy (non-hydrogen) atoms. The Labute approximate surface area is 139 Å². The van der Waals surface area contributed by atoms with E-state index < -0.39 is 11.9 Å². The molecule has 5 heteroatoms. The van der Waals surface area contributed by atoms with Gasteiger partial charge in [0, 0.05) is 24.7 Å². The molecule has 1 aliphatic carbocycles. The first-order valence-corrected chi connectivity index (χ1v) is 7.93. The second-order valence-corrected chi connectivity index (χ2v) is 6.15. The summed E-state index contributed by atoms with van der Waals surface area (Å²) >= 11 is 0. The van der Waals surface area contributed by atoms with Crippen LogP contribution in [-0.2, 0) is 6.54 Å². The minimum atomic E-state index is -0.757. The van der Waals surface area contributed by atoms with E-state index in [1.165, 1.54) is 18.2 Å². The molecule has 0 heterocycles. The summed E-state index contributed by atoms with van der Waals surface area (Å²) < 4.78 is 27.1. The SMILES string of the molecule is N#Cc1ccc(CN(CC(O)c2ccc(F)cc2)C2CC2)c(F)c1. The number of aliphatic hydroxyl groups is 1. The highest BCUT2D eigenvalue weighted by molar-refractivity contribution is 5.33. The summed E-state index contributed by atoms with van der Waals surface area (Å²) in [6, 6.07) is 12.5. The van der Waals surface area contributed by atoms with E-state index in [1.54, 1.807) is 24.3 Å². The average Bonchev–Trinajstić information content (AvgIpc) is 3.41. The molecular weight excluding hydrogens is 310 g/mol. The van der Waals surface area contributed by atoms with E-state index in [0.29, 0.717) is 35.8 Å². The molecule has 3 rings (SSSR count). The third kappa shape index (κ3) is 3.97. The van der Waals surface area contributed by atoms with Crippen molar-refractivity contribution in [3.05, 3.63) is 70.8 Å². The third-order valence-electron chi connectivity index (χ3n) is 4.28. The van der Waals surface area contributed by atoms with Gasteiger partial charge >= 0.3 is 0 Å². The number of nitriles is 1. The number of aliphatic hydroxyl groups excluding tert-OH is 1. The fourth-order valence-corrected chi connectivity index (χ4v) is 2.76. The fourth-order valence-electron chi connectivity index (χ4n) is 2.76. The lowest BCUT2D eigenvalue weighted by Crippen LogP contribution is -2.30. The van der Waals surface area contributed by atoms with Gasteiger partial charge in [-0.05, 0) is 42.7 Å². The van der Waals surface area contributed by atoms with E-state index in [9.17, 15) is 13.9 Å². The summed E-state index contributed by atoms with van der Waals surface area (Å²) in [4.78, 5) is 2.04. The molecular formula is C19H18F2N2O. The molecule has 2 aromatic carbocycles. The van der Waals surface area contributed by atoms with Crippen molar-refractivity contribution in [2.24, 2.45) is 0 Å². The van der Waals surface area contributed by atoms with Crippen molar-refractivity contribution >= 4 is 0 Å². The van der Waals surface area contributed by atoms with Crippen LogP contribution in [0.4, 0.5) is 8.78 Å². The minimum Gasteiger partial charge on any atom is -0.387 e. The molecule has 124 valence electrons. The molecule has 0 aromatic heterocycles. The molecule has 1 atom stereocenters. The van der Waals surface area contributed by atoms with Crippen LogP contribution in [0.1, 0.15) is 35.6 Å². The number of hydrogen-bond acceptors (Lipinski definition) is 3. The van der Waals surface area contributed by atoms with Crippen molar-refractivity contribution < 1.29 is 13.9 Å². The maximum atomic E-state index is 14.1. The molecule has 3 nitrogen and oxygen atoms in total. The van der Waals surface area contributed by atoms with Crippen LogP contribution in [0.3, 0.4) is 0 Å². The summed E-state index contributed by atoms with van der Waals surface area (Å²) in [7, 11) is 0. The van der Waals surface area contributed by atoms with Gasteiger partial charge in [0.05, 0.1) is 17.7 Å². The normalized spacial score (nSPS) is 15.3. The number of benzene rings is 2. The monoisotopic (exact) mass is 328 g/mol. The molecule has 1 N–H and O–H groups in total. The Morgan fingerprint density at radius 3 is 2.46 bits per heavy atom. The lowest BCUT2D eigenvalue weighted by molar-refractivity contribution is 0.104. The zero-order chi connectivity index (χ0) is 17.1. The summed E-state index contributed by atoms with van der Waals surface area (Å²) in [5.41, 5.74) is 1.44.